The van der Waals surface area contributed by atoms with Gasteiger partial charge in [-0.15, -0.1) is 0 Å². The SMILES string of the molecule is N#Cc1cc(C(=O)Nc2cccc(Cl)c2Cl)ccn1. The molecule has 0 spiro atoms. The van der Waals surface area contributed by atoms with E-state index in [0.29, 0.717) is 16.3 Å². The highest BCUT2D eigenvalue weighted by Gasteiger charge is 2.10. The molecular formula is C13H7Cl2N3O. The Hall–Kier alpha value is -2.09. The van der Waals surface area contributed by atoms with Crippen molar-refractivity contribution in [2.45, 2.75) is 0 Å². The molecule has 0 fully saturated rings. The van der Waals surface area contributed by atoms with Crippen LogP contribution in [0.25, 0.3) is 0 Å². The number of halogens is 2. The smallest absolute Gasteiger partial charge is 0.255 e. The number of nitriles is 1. The van der Waals surface area contributed by atoms with Crippen LogP contribution >= 0.6 is 23.2 Å². The number of rotatable bonds is 2. The number of benzene rings is 1. The van der Waals surface area contributed by atoms with E-state index < -0.39 is 0 Å². The molecule has 0 aliphatic heterocycles. The lowest BCUT2D eigenvalue weighted by atomic mass is 10.2. The van der Waals surface area contributed by atoms with Crippen LogP contribution in [-0.4, -0.2) is 10.9 Å². The van der Waals surface area contributed by atoms with Gasteiger partial charge in [0.05, 0.1) is 15.7 Å². The third-order valence-corrected chi connectivity index (χ3v) is 3.16. The first-order valence-electron chi connectivity index (χ1n) is 5.23. The first-order valence-corrected chi connectivity index (χ1v) is 5.99. The molecule has 1 aromatic heterocycles. The number of aromatic nitrogens is 1. The van der Waals surface area contributed by atoms with Gasteiger partial charge in [-0.2, -0.15) is 5.26 Å². The van der Waals surface area contributed by atoms with Crippen LogP contribution in [0.3, 0.4) is 0 Å². The normalized spacial score (nSPS) is 9.74. The van der Waals surface area contributed by atoms with Crippen molar-refractivity contribution in [1.82, 2.24) is 4.98 Å². The van der Waals surface area contributed by atoms with Gasteiger partial charge in [-0.25, -0.2) is 4.98 Å². The Balaban J connectivity index is 2.26. The van der Waals surface area contributed by atoms with Crippen LogP contribution in [0.15, 0.2) is 36.5 Å². The highest BCUT2D eigenvalue weighted by atomic mass is 35.5. The number of nitrogens with one attached hydrogen (secondary N) is 1. The Bertz CT molecular complexity index is 680. The Kier molecular flexibility index (Phi) is 4.00. The van der Waals surface area contributed by atoms with Gasteiger partial charge in [-0.1, -0.05) is 29.3 Å². The van der Waals surface area contributed by atoms with E-state index in [1.165, 1.54) is 18.3 Å². The van der Waals surface area contributed by atoms with Crippen LogP contribution in [0.1, 0.15) is 16.1 Å². The summed E-state index contributed by atoms with van der Waals surface area (Å²) in [5, 5.41) is 12.0. The average molecular weight is 292 g/mol. The van der Waals surface area contributed by atoms with Crippen molar-refractivity contribution in [3.63, 3.8) is 0 Å². The number of carbonyl (C=O) groups excluding carboxylic acids is 1. The van der Waals surface area contributed by atoms with E-state index >= 15 is 0 Å². The quantitative estimate of drug-likeness (QED) is 0.921. The summed E-state index contributed by atoms with van der Waals surface area (Å²) < 4.78 is 0. The first kappa shape index (κ1) is 13.3. The highest BCUT2D eigenvalue weighted by Crippen LogP contribution is 2.29. The molecule has 0 unspecified atom stereocenters. The third-order valence-electron chi connectivity index (χ3n) is 2.34. The Morgan fingerprint density at radius 3 is 2.84 bits per heavy atom. The molecule has 0 atom stereocenters. The highest BCUT2D eigenvalue weighted by molar-refractivity contribution is 6.44. The minimum Gasteiger partial charge on any atom is -0.321 e. The predicted molar refractivity (Wildman–Crippen MR) is 73.4 cm³/mol. The number of hydrogen-bond donors (Lipinski definition) is 1. The molecule has 1 N–H and O–H groups in total. The zero-order chi connectivity index (χ0) is 13.8. The van der Waals surface area contributed by atoms with Crippen molar-refractivity contribution in [2.24, 2.45) is 0 Å². The summed E-state index contributed by atoms with van der Waals surface area (Å²) in [7, 11) is 0. The van der Waals surface area contributed by atoms with Crippen LogP contribution < -0.4 is 5.32 Å². The topological polar surface area (TPSA) is 65.8 Å². The van der Waals surface area contributed by atoms with Gasteiger partial charge >= 0.3 is 0 Å². The first-order chi connectivity index (χ1) is 9.11. The molecule has 0 aliphatic rings. The Labute approximate surface area is 119 Å². The van der Waals surface area contributed by atoms with Crippen LogP contribution in [0, 0.1) is 11.3 Å². The molecule has 94 valence electrons. The van der Waals surface area contributed by atoms with Gasteiger partial charge in [0.1, 0.15) is 11.8 Å². The van der Waals surface area contributed by atoms with Crippen molar-refractivity contribution in [1.29, 1.82) is 5.26 Å². The second-order valence-electron chi connectivity index (χ2n) is 3.60. The van der Waals surface area contributed by atoms with Gasteiger partial charge in [-0.3, -0.25) is 4.79 Å². The molecule has 0 saturated heterocycles. The summed E-state index contributed by atoms with van der Waals surface area (Å²) in [6, 6.07) is 9.71. The standard InChI is InChI=1S/C13H7Cl2N3O/c14-10-2-1-3-11(12(10)15)18-13(19)8-4-5-17-9(6-8)7-16/h1-6H,(H,18,19). The summed E-state index contributed by atoms with van der Waals surface area (Å²) in [5.74, 6) is -0.386. The molecule has 2 aromatic rings. The molecule has 0 bridgehead atoms. The van der Waals surface area contributed by atoms with Crippen LogP contribution in [0.2, 0.25) is 10.0 Å². The zero-order valence-electron chi connectivity index (χ0n) is 9.52. The fourth-order valence-corrected chi connectivity index (χ4v) is 1.78. The molecular weight excluding hydrogens is 285 g/mol. The van der Waals surface area contributed by atoms with E-state index in [2.05, 4.69) is 10.3 Å². The number of pyridine rings is 1. The number of hydrogen-bond acceptors (Lipinski definition) is 3. The van der Waals surface area contributed by atoms with E-state index in [9.17, 15) is 4.79 Å². The molecule has 1 aromatic carbocycles. The number of anilines is 1. The predicted octanol–water partition coefficient (Wildman–Crippen LogP) is 3.51. The lowest BCUT2D eigenvalue weighted by Gasteiger charge is -2.08. The summed E-state index contributed by atoms with van der Waals surface area (Å²) in [6.45, 7) is 0. The molecule has 19 heavy (non-hydrogen) atoms. The molecule has 6 heteroatoms. The molecule has 1 heterocycles. The van der Waals surface area contributed by atoms with Gasteiger partial charge < -0.3 is 5.32 Å². The Morgan fingerprint density at radius 2 is 2.11 bits per heavy atom. The summed E-state index contributed by atoms with van der Waals surface area (Å²) in [6.07, 6.45) is 1.40. The van der Waals surface area contributed by atoms with E-state index in [1.54, 1.807) is 18.2 Å². The summed E-state index contributed by atoms with van der Waals surface area (Å²) >= 11 is 11.8. The maximum absolute atomic E-state index is 12.0. The third kappa shape index (κ3) is 3.02. The van der Waals surface area contributed by atoms with Crippen molar-refractivity contribution >= 4 is 34.8 Å². The van der Waals surface area contributed by atoms with Crippen LogP contribution in [0.4, 0.5) is 5.69 Å². The fraction of sp³-hybridized carbons (Fsp3) is 0. The fourth-order valence-electron chi connectivity index (χ4n) is 1.43. The maximum atomic E-state index is 12.0. The molecule has 1 amide bonds. The molecule has 2 rings (SSSR count). The monoisotopic (exact) mass is 291 g/mol. The lowest BCUT2D eigenvalue weighted by Crippen LogP contribution is -2.12. The summed E-state index contributed by atoms with van der Waals surface area (Å²) in [4.78, 5) is 15.8. The second-order valence-corrected chi connectivity index (χ2v) is 4.38. The van der Waals surface area contributed by atoms with E-state index in [4.69, 9.17) is 28.5 Å². The van der Waals surface area contributed by atoms with Crippen molar-refractivity contribution in [3.8, 4) is 6.07 Å². The number of nitrogens with zero attached hydrogens (tertiary/aromatic N) is 2. The van der Waals surface area contributed by atoms with Crippen LogP contribution in [-0.2, 0) is 0 Å². The van der Waals surface area contributed by atoms with Gasteiger partial charge in [0.15, 0.2) is 0 Å². The van der Waals surface area contributed by atoms with E-state index in [0.717, 1.165) is 0 Å². The Morgan fingerprint density at radius 1 is 1.32 bits per heavy atom. The minimum absolute atomic E-state index is 0.171. The van der Waals surface area contributed by atoms with E-state index in [-0.39, 0.29) is 16.6 Å². The molecule has 4 nitrogen and oxygen atoms in total. The maximum Gasteiger partial charge on any atom is 0.255 e. The van der Waals surface area contributed by atoms with Gasteiger partial charge in [0.25, 0.3) is 5.91 Å². The molecule has 0 radical (unpaired) electrons. The molecule has 0 saturated carbocycles. The lowest BCUT2D eigenvalue weighted by molar-refractivity contribution is 0.102. The van der Waals surface area contributed by atoms with Crippen molar-refractivity contribution < 1.29 is 4.79 Å². The number of carbonyl (C=O) groups is 1. The largest absolute Gasteiger partial charge is 0.321 e. The van der Waals surface area contributed by atoms with Gasteiger partial charge in [0.2, 0.25) is 0 Å². The average Bonchev–Trinajstić information content (AvgIpc) is 2.44. The zero-order valence-corrected chi connectivity index (χ0v) is 11.0. The van der Waals surface area contributed by atoms with Crippen LogP contribution in [0.5, 0.6) is 0 Å². The molecule has 0 aliphatic carbocycles. The summed E-state index contributed by atoms with van der Waals surface area (Å²) in [5.41, 5.74) is 0.905. The number of amides is 1. The second kappa shape index (κ2) is 5.70. The van der Waals surface area contributed by atoms with Crippen molar-refractivity contribution in [3.05, 3.63) is 57.8 Å². The van der Waals surface area contributed by atoms with Crippen molar-refractivity contribution in [2.75, 3.05) is 5.32 Å². The van der Waals surface area contributed by atoms with Gasteiger partial charge in [-0.05, 0) is 24.3 Å². The minimum atomic E-state index is -0.386. The van der Waals surface area contributed by atoms with E-state index in [1.807, 2.05) is 6.07 Å². The van der Waals surface area contributed by atoms with Gasteiger partial charge in [0, 0.05) is 11.8 Å².